The summed E-state index contributed by atoms with van der Waals surface area (Å²) in [6.07, 6.45) is -4.39. The van der Waals surface area contributed by atoms with E-state index in [4.69, 9.17) is 0 Å². The minimum Gasteiger partial charge on any atom is -0.496 e. The minimum atomic E-state index is -4.39. The minimum absolute atomic E-state index is 0.170. The lowest BCUT2D eigenvalue weighted by molar-refractivity contribution is -0.138. The number of benzene rings is 1. The molecule has 0 aliphatic rings. The van der Waals surface area contributed by atoms with E-state index in [-0.39, 0.29) is 5.75 Å². The summed E-state index contributed by atoms with van der Waals surface area (Å²) in [5, 5.41) is 2.64. The fourth-order valence-electron chi connectivity index (χ4n) is 1.09. The standard InChI is InChI=1S/C9H10F3NO/c1-13-6-3-4-8(14-2)7(5-6)9(10,11)12/h3-5,13H,1-2H3. The smallest absolute Gasteiger partial charge is 0.420 e. The van der Waals surface area contributed by atoms with Gasteiger partial charge in [0.15, 0.2) is 0 Å². The molecule has 0 radical (unpaired) electrons. The van der Waals surface area contributed by atoms with Crippen LogP contribution in [-0.2, 0) is 6.18 Å². The van der Waals surface area contributed by atoms with Crippen LogP contribution in [0, 0.1) is 0 Å². The average molecular weight is 205 g/mol. The van der Waals surface area contributed by atoms with Crippen LogP contribution in [0.1, 0.15) is 5.56 Å². The number of anilines is 1. The normalized spacial score (nSPS) is 11.2. The fourth-order valence-corrected chi connectivity index (χ4v) is 1.09. The Kier molecular flexibility index (Phi) is 2.88. The van der Waals surface area contributed by atoms with Gasteiger partial charge in [0.05, 0.1) is 12.7 Å². The molecule has 0 aliphatic carbocycles. The third kappa shape index (κ3) is 2.10. The molecule has 0 unspecified atom stereocenters. The van der Waals surface area contributed by atoms with Crippen LogP contribution in [-0.4, -0.2) is 14.2 Å². The molecule has 2 nitrogen and oxygen atoms in total. The molecule has 0 aromatic heterocycles. The lowest BCUT2D eigenvalue weighted by Gasteiger charge is -2.13. The van der Waals surface area contributed by atoms with Crippen molar-refractivity contribution in [1.29, 1.82) is 0 Å². The molecule has 0 aliphatic heterocycles. The van der Waals surface area contributed by atoms with Crippen molar-refractivity contribution in [3.05, 3.63) is 23.8 Å². The number of nitrogens with one attached hydrogen (secondary N) is 1. The molecule has 1 N–H and O–H groups in total. The number of hydrogen-bond acceptors (Lipinski definition) is 2. The highest BCUT2D eigenvalue weighted by Gasteiger charge is 2.34. The van der Waals surface area contributed by atoms with Gasteiger partial charge in [-0.2, -0.15) is 13.2 Å². The molecule has 14 heavy (non-hydrogen) atoms. The zero-order chi connectivity index (χ0) is 10.8. The van der Waals surface area contributed by atoms with Crippen molar-refractivity contribution in [2.45, 2.75) is 6.18 Å². The third-order valence-corrected chi connectivity index (χ3v) is 1.79. The highest BCUT2D eigenvalue weighted by atomic mass is 19.4. The van der Waals surface area contributed by atoms with Crippen molar-refractivity contribution in [2.24, 2.45) is 0 Å². The Morgan fingerprint density at radius 2 is 1.93 bits per heavy atom. The number of ether oxygens (including phenoxy) is 1. The lowest BCUT2D eigenvalue weighted by Crippen LogP contribution is -2.08. The predicted molar refractivity (Wildman–Crippen MR) is 47.5 cm³/mol. The predicted octanol–water partition coefficient (Wildman–Crippen LogP) is 2.76. The van der Waals surface area contributed by atoms with Gasteiger partial charge in [-0.15, -0.1) is 0 Å². The molecule has 0 atom stereocenters. The molecule has 0 saturated carbocycles. The van der Waals surface area contributed by atoms with Gasteiger partial charge in [0, 0.05) is 12.7 Å². The Bertz CT molecular complexity index is 322. The zero-order valence-corrected chi connectivity index (χ0v) is 7.77. The highest BCUT2D eigenvalue weighted by molar-refractivity contribution is 5.51. The highest BCUT2D eigenvalue weighted by Crippen LogP contribution is 2.37. The first kappa shape index (κ1) is 10.7. The topological polar surface area (TPSA) is 21.3 Å². The summed E-state index contributed by atoms with van der Waals surface area (Å²) < 4.78 is 42.0. The van der Waals surface area contributed by atoms with Crippen LogP contribution in [0.2, 0.25) is 0 Å². The first-order chi connectivity index (χ1) is 6.49. The van der Waals surface area contributed by atoms with Gasteiger partial charge in [0.25, 0.3) is 0 Å². The van der Waals surface area contributed by atoms with Crippen LogP contribution in [0.3, 0.4) is 0 Å². The van der Waals surface area contributed by atoms with E-state index in [1.807, 2.05) is 0 Å². The molecule has 0 saturated heterocycles. The summed E-state index contributed by atoms with van der Waals surface area (Å²) in [5.74, 6) is -0.170. The molecule has 1 aromatic carbocycles. The van der Waals surface area contributed by atoms with Gasteiger partial charge in [0.1, 0.15) is 5.75 Å². The van der Waals surface area contributed by atoms with E-state index in [9.17, 15) is 13.2 Å². The Hall–Kier alpha value is -1.39. The Labute approximate surface area is 79.7 Å². The molecule has 0 bridgehead atoms. The summed E-state index contributed by atoms with van der Waals surface area (Å²) in [7, 11) is 2.77. The van der Waals surface area contributed by atoms with Crippen molar-refractivity contribution in [2.75, 3.05) is 19.5 Å². The summed E-state index contributed by atoms with van der Waals surface area (Å²) >= 11 is 0. The molecular formula is C9H10F3NO. The maximum Gasteiger partial charge on any atom is 0.420 e. The Balaban J connectivity index is 3.22. The summed E-state index contributed by atoms with van der Waals surface area (Å²) in [6, 6.07) is 3.82. The van der Waals surface area contributed by atoms with Crippen molar-refractivity contribution in [1.82, 2.24) is 0 Å². The molecule has 0 amide bonds. The van der Waals surface area contributed by atoms with E-state index in [0.29, 0.717) is 5.69 Å². The molecule has 0 spiro atoms. The van der Waals surface area contributed by atoms with Crippen LogP contribution < -0.4 is 10.1 Å². The summed E-state index contributed by atoms with van der Waals surface area (Å²) in [5.41, 5.74) is -0.370. The van der Waals surface area contributed by atoms with Crippen molar-refractivity contribution in [3.8, 4) is 5.75 Å². The van der Waals surface area contributed by atoms with E-state index < -0.39 is 11.7 Å². The quantitative estimate of drug-likeness (QED) is 0.801. The first-order valence-electron chi connectivity index (χ1n) is 3.92. The molecule has 0 fully saturated rings. The fraction of sp³-hybridized carbons (Fsp3) is 0.333. The van der Waals surface area contributed by atoms with Crippen LogP contribution in [0.5, 0.6) is 5.75 Å². The molecule has 5 heteroatoms. The maximum absolute atomic E-state index is 12.4. The maximum atomic E-state index is 12.4. The number of halogens is 3. The number of alkyl halides is 3. The van der Waals surface area contributed by atoms with Crippen LogP contribution in [0.4, 0.5) is 18.9 Å². The van der Waals surface area contributed by atoms with E-state index in [0.717, 1.165) is 6.07 Å². The number of rotatable bonds is 2. The largest absolute Gasteiger partial charge is 0.496 e. The second kappa shape index (κ2) is 3.77. The van der Waals surface area contributed by atoms with Crippen LogP contribution in [0.25, 0.3) is 0 Å². The van der Waals surface area contributed by atoms with E-state index in [2.05, 4.69) is 10.1 Å². The van der Waals surface area contributed by atoms with Crippen molar-refractivity contribution >= 4 is 5.69 Å². The van der Waals surface area contributed by atoms with Crippen molar-refractivity contribution in [3.63, 3.8) is 0 Å². The molecule has 0 heterocycles. The van der Waals surface area contributed by atoms with Crippen LogP contribution in [0.15, 0.2) is 18.2 Å². The van der Waals surface area contributed by atoms with E-state index in [1.165, 1.54) is 19.2 Å². The van der Waals surface area contributed by atoms with Gasteiger partial charge in [0.2, 0.25) is 0 Å². The van der Waals surface area contributed by atoms with E-state index in [1.54, 1.807) is 7.05 Å². The van der Waals surface area contributed by atoms with Gasteiger partial charge in [-0.05, 0) is 18.2 Å². The molecular weight excluding hydrogens is 195 g/mol. The van der Waals surface area contributed by atoms with E-state index >= 15 is 0 Å². The number of hydrogen-bond donors (Lipinski definition) is 1. The first-order valence-corrected chi connectivity index (χ1v) is 3.92. The Morgan fingerprint density at radius 1 is 1.29 bits per heavy atom. The lowest BCUT2D eigenvalue weighted by atomic mass is 10.1. The van der Waals surface area contributed by atoms with Crippen molar-refractivity contribution < 1.29 is 17.9 Å². The molecule has 78 valence electrons. The average Bonchev–Trinajstić information content (AvgIpc) is 2.15. The van der Waals surface area contributed by atoms with Gasteiger partial charge >= 0.3 is 6.18 Å². The molecule has 1 rings (SSSR count). The number of methoxy groups -OCH3 is 1. The third-order valence-electron chi connectivity index (χ3n) is 1.79. The van der Waals surface area contributed by atoms with Gasteiger partial charge in [-0.25, -0.2) is 0 Å². The zero-order valence-electron chi connectivity index (χ0n) is 7.77. The summed E-state index contributed by atoms with van der Waals surface area (Å²) in [4.78, 5) is 0. The van der Waals surface area contributed by atoms with Gasteiger partial charge in [-0.3, -0.25) is 0 Å². The second-order valence-corrected chi connectivity index (χ2v) is 2.66. The SMILES string of the molecule is CNc1ccc(OC)c(C(F)(F)F)c1. The second-order valence-electron chi connectivity index (χ2n) is 2.66. The van der Waals surface area contributed by atoms with Gasteiger partial charge < -0.3 is 10.1 Å². The monoisotopic (exact) mass is 205 g/mol. The molecule has 1 aromatic rings. The van der Waals surface area contributed by atoms with Crippen LogP contribution >= 0.6 is 0 Å². The summed E-state index contributed by atoms with van der Waals surface area (Å²) in [6.45, 7) is 0. The van der Waals surface area contributed by atoms with Gasteiger partial charge in [-0.1, -0.05) is 0 Å². The Morgan fingerprint density at radius 3 is 2.36 bits per heavy atom.